The summed E-state index contributed by atoms with van der Waals surface area (Å²) in [6.07, 6.45) is 3.03. The zero-order chi connectivity index (χ0) is 10.6. The molecule has 0 amide bonds. The van der Waals surface area contributed by atoms with Crippen molar-refractivity contribution in [3.8, 4) is 0 Å². The van der Waals surface area contributed by atoms with Gasteiger partial charge in [0, 0.05) is 6.04 Å². The highest BCUT2D eigenvalue weighted by Gasteiger charge is 2.31. The molecule has 82 valence electrons. The van der Waals surface area contributed by atoms with Crippen molar-refractivity contribution in [2.24, 2.45) is 11.8 Å². The zero-order valence-corrected chi connectivity index (χ0v) is 9.38. The van der Waals surface area contributed by atoms with E-state index in [1.807, 2.05) is 14.0 Å². The lowest BCUT2D eigenvalue weighted by molar-refractivity contribution is -0.149. The molecule has 1 saturated carbocycles. The maximum atomic E-state index is 11.5. The Morgan fingerprint density at radius 3 is 2.79 bits per heavy atom. The molecular weight excluding hydrogens is 178 g/mol. The van der Waals surface area contributed by atoms with E-state index in [1.54, 1.807) is 0 Å². The summed E-state index contributed by atoms with van der Waals surface area (Å²) >= 11 is 0. The molecule has 0 aliphatic heterocycles. The lowest BCUT2D eigenvalue weighted by Gasteiger charge is -2.32. The van der Waals surface area contributed by atoms with E-state index >= 15 is 0 Å². The first-order valence-corrected chi connectivity index (χ1v) is 5.53. The topological polar surface area (TPSA) is 38.3 Å². The second-order valence-corrected chi connectivity index (χ2v) is 4.13. The molecule has 0 saturated heterocycles. The van der Waals surface area contributed by atoms with Crippen LogP contribution in [0, 0.1) is 11.8 Å². The Hall–Kier alpha value is -0.570. The SMILES string of the molecule is CCOC(=O)C1CCC(C)C(NC)C1. The van der Waals surface area contributed by atoms with E-state index < -0.39 is 0 Å². The molecule has 3 nitrogen and oxygen atoms in total. The van der Waals surface area contributed by atoms with Gasteiger partial charge >= 0.3 is 5.97 Å². The molecule has 1 aliphatic rings. The van der Waals surface area contributed by atoms with E-state index in [2.05, 4.69) is 12.2 Å². The molecule has 0 heterocycles. The van der Waals surface area contributed by atoms with Crippen LogP contribution in [0.2, 0.25) is 0 Å². The lowest BCUT2D eigenvalue weighted by Crippen LogP contribution is -2.40. The van der Waals surface area contributed by atoms with Gasteiger partial charge in [-0.1, -0.05) is 6.92 Å². The molecule has 14 heavy (non-hydrogen) atoms. The summed E-state index contributed by atoms with van der Waals surface area (Å²) in [7, 11) is 1.97. The number of esters is 1. The van der Waals surface area contributed by atoms with Gasteiger partial charge in [-0.2, -0.15) is 0 Å². The van der Waals surface area contributed by atoms with Gasteiger partial charge in [0.2, 0.25) is 0 Å². The van der Waals surface area contributed by atoms with Crippen LogP contribution in [0.1, 0.15) is 33.1 Å². The number of carbonyl (C=O) groups is 1. The summed E-state index contributed by atoms with van der Waals surface area (Å²) in [6, 6.07) is 0.471. The minimum Gasteiger partial charge on any atom is -0.466 e. The van der Waals surface area contributed by atoms with E-state index in [4.69, 9.17) is 4.74 Å². The average Bonchev–Trinajstić information content (AvgIpc) is 2.19. The first-order valence-electron chi connectivity index (χ1n) is 5.53. The second-order valence-electron chi connectivity index (χ2n) is 4.13. The van der Waals surface area contributed by atoms with Crippen LogP contribution in [-0.2, 0) is 9.53 Å². The fourth-order valence-electron chi connectivity index (χ4n) is 2.20. The summed E-state index contributed by atoms with van der Waals surface area (Å²) in [5, 5.41) is 3.27. The average molecular weight is 199 g/mol. The van der Waals surface area contributed by atoms with Crippen molar-refractivity contribution in [2.75, 3.05) is 13.7 Å². The molecular formula is C11H21NO2. The molecule has 1 N–H and O–H groups in total. The molecule has 0 aromatic heterocycles. The first kappa shape index (κ1) is 11.5. The largest absolute Gasteiger partial charge is 0.466 e. The van der Waals surface area contributed by atoms with Gasteiger partial charge in [0.15, 0.2) is 0 Å². The maximum Gasteiger partial charge on any atom is 0.308 e. The molecule has 0 aromatic carbocycles. The van der Waals surface area contributed by atoms with Crippen LogP contribution in [-0.4, -0.2) is 25.7 Å². The summed E-state index contributed by atoms with van der Waals surface area (Å²) in [4.78, 5) is 11.5. The Morgan fingerprint density at radius 1 is 1.50 bits per heavy atom. The Labute approximate surface area is 86.2 Å². The van der Waals surface area contributed by atoms with Crippen molar-refractivity contribution in [1.82, 2.24) is 5.32 Å². The monoisotopic (exact) mass is 199 g/mol. The second kappa shape index (κ2) is 5.35. The van der Waals surface area contributed by atoms with Crippen LogP contribution < -0.4 is 5.32 Å². The van der Waals surface area contributed by atoms with Crippen molar-refractivity contribution in [1.29, 1.82) is 0 Å². The minimum atomic E-state index is -0.0142. The Morgan fingerprint density at radius 2 is 2.21 bits per heavy atom. The van der Waals surface area contributed by atoms with Gasteiger partial charge in [0.1, 0.15) is 0 Å². The third-order valence-corrected chi connectivity index (χ3v) is 3.19. The Kier molecular flexibility index (Phi) is 4.39. The van der Waals surface area contributed by atoms with Crippen LogP contribution in [0.25, 0.3) is 0 Å². The predicted octanol–water partition coefficient (Wildman–Crippen LogP) is 1.57. The number of rotatable bonds is 3. The van der Waals surface area contributed by atoms with Crippen molar-refractivity contribution in [3.05, 3.63) is 0 Å². The summed E-state index contributed by atoms with van der Waals surface area (Å²) in [5.41, 5.74) is 0. The Bertz CT molecular complexity index is 194. The number of hydrogen-bond acceptors (Lipinski definition) is 3. The lowest BCUT2D eigenvalue weighted by atomic mass is 9.79. The smallest absolute Gasteiger partial charge is 0.308 e. The molecule has 1 rings (SSSR count). The number of hydrogen-bond donors (Lipinski definition) is 1. The molecule has 0 bridgehead atoms. The van der Waals surface area contributed by atoms with Crippen LogP contribution in [0.4, 0.5) is 0 Å². The third kappa shape index (κ3) is 2.71. The van der Waals surface area contributed by atoms with Gasteiger partial charge in [-0.25, -0.2) is 0 Å². The van der Waals surface area contributed by atoms with Gasteiger partial charge < -0.3 is 10.1 Å². The van der Waals surface area contributed by atoms with Gasteiger partial charge in [0.05, 0.1) is 12.5 Å². The van der Waals surface area contributed by atoms with Crippen molar-refractivity contribution >= 4 is 5.97 Å². The van der Waals surface area contributed by atoms with Crippen LogP contribution in [0.15, 0.2) is 0 Å². The van der Waals surface area contributed by atoms with Crippen molar-refractivity contribution in [3.63, 3.8) is 0 Å². The predicted molar refractivity (Wildman–Crippen MR) is 56.0 cm³/mol. The van der Waals surface area contributed by atoms with E-state index in [-0.39, 0.29) is 11.9 Å². The van der Waals surface area contributed by atoms with E-state index in [1.165, 1.54) is 0 Å². The molecule has 1 aliphatic carbocycles. The van der Waals surface area contributed by atoms with Gasteiger partial charge in [-0.3, -0.25) is 4.79 Å². The highest BCUT2D eigenvalue weighted by molar-refractivity contribution is 5.72. The van der Waals surface area contributed by atoms with Crippen molar-refractivity contribution in [2.45, 2.75) is 39.2 Å². The van der Waals surface area contributed by atoms with Crippen LogP contribution >= 0.6 is 0 Å². The molecule has 1 fully saturated rings. The fraction of sp³-hybridized carbons (Fsp3) is 0.909. The molecule has 0 aromatic rings. The van der Waals surface area contributed by atoms with Gasteiger partial charge in [-0.15, -0.1) is 0 Å². The quantitative estimate of drug-likeness (QED) is 0.701. The van der Waals surface area contributed by atoms with E-state index in [0.29, 0.717) is 18.6 Å². The van der Waals surface area contributed by atoms with Gasteiger partial charge in [-0.05, 0) is 39.2 Å². The molecule has 3 heteroatoms. The van der Waals surface area contributed by atoms with Crippen molar-refractivity contribution < 1.29 is 9.53 Å². The first-order chi connectivity index (χ1) is 6.69. The third-order valence-electron chi connectivity index (χ3n) is 3.19. The molecule has 0 spiro atoms. The number of ether oxygens (including phenoxy) is 1. The normalized spacial score (nSPS) is 32.6. The highest BCUT2D eigenvalue weighted by Crippen LogP contribution is 2.29. The van der Waals surface area contributed by atoms with Gasteiger partial charge in [0.25, 0.3) is 0 Å². The van der Waals surface area contributed by atoms with Crippen LogP contribution in [0.3, 0.4) is 0 Å². The van der Waals surface area contributed by atoms with Crippen LogP contribution in [0.5, 0.6) is 0 Å². The summed E-state index contributed by atoms with van der Waals surface area (Å²) < 4.78 is 5.04. The minimum absolute atomic E-state index is 0.0142. The molecule has 3 unspecified atom stereocenters. The molecule has 3 atom stereocenters. The summed E-state index contributed by atoms with van der Waals surface area (Å²) in [5.74, 6) is 0.772. The summed E-state index contributed by atoms with van der Waals surface area (Å²) in [6.45, 7) is 4.59. The Balaban J connectivity index is 2.45. The molecule has 0 radical (unpaired) electrons. The van der Waals surface area contributed by atoms with E-state index in [9.17, 15) is 4.79 Å². The highest BCUT2D eigenvalue weighted by atomic mass is 16.5. The number of carbonyl (C=O) groups excluding carboxylic acids is 1. The standard InChI is InChI=1S/C11H21NO2/c1-4-14-11(13)9-6-5-8(2)10(7-9)12-3/h8-10,12H,4-7H2,1-3H3. The maximum absolute atomic E-state index is 11.5. The zero-order valence-electron chi connectivity index (χ0n) is 9.38. The van der Waals surface area contributed by atoms with E-state index in [0.717, 1.165) is 19.3 Å². The fourth-order valence-corrected chi connectivity index (χ4v) is 2.20. The number of nitrogens with one attached hydrogen (secondary N) is 1.